The van der Waals surface area contributed by atoms with Gasteiger partial charge >= 0.3 is 0 Å². The zero-order chi connectivity index (χ0) is 13.1. The summed E-state index contributed by atoms with van der Waals surface area (Å²) in [5, 5.41) is 0.378. The number of sulfonamides is 1. The van der Waals surface area contributed by atoms with Crippen LogP contribution in [0.2, 0.25) is 5.02 Å². The van der Waals surface area contributed by atoms with Crippen LogP contribution in [-0.2, 0) is 15.9 Å². The van der Waals surface area contributed by atoms with Gasteiger partial charge in [-0.05, 0) is 36.6 Å². The van der Waals surface area contributed by atoms with E-state index in [0.29, 0.717) is 17.1 Å². The summed E-state index contributed by atoms with van der Waals surface area (Å²) in [5.41, 5.74) is 1.38. The van der Waals surface area contributed by atoms with Crippen LogP contribution >= 0.6 is 23.2 Å². The first-order chi connectivity index (χ1) is 7.92. The van der Waals surface area contributed by atoms with Crippen LogP contribution in [0.5, 0.6) is 0 Å². The predicted molar refractivity (Wildman–Crippen MR) is 71.2 cm³/mol. The number of benzene rings is 1. The van der Waals surface area contributed by atoms with E-state index in [1.807, 2.05) is 6.92 Å². The Morgan fingerprint density at radius 1 is 1.35 bits per heavy atom. The summed E-state index contributed by atoms with van der Waals surface area (Å²) in [7, 11) is -3.50. The molecule has 1 N–H and O–H groups in total. The zero-order valence-electron chi connectivity index (χ0n) is 9.76. The maximum atomic E-state index is 12.0. The molecule has 1 aromatic carbocycles. The third-order valence-electron chi connectivity index (χ3n) is 2.41. The molecule has 0 amide bonds. The lowest BCUT2D eigenvalue weighted by Gasteiger charge is -2.12. The smallest absolute Gasteiger partial charge is 0.211 e. The molecule has 96 valence electrons. The molecule has 1 aromatic rings. The van der Waals surface area contributed by atoms with Crippen molar-refractivity contribution in [2.45, 2.75) is 31.0 Å². The van der Waals surface area contributed by atoms with Crippen LogP contribution in [0.1, 0.15) is 24.5 Å². The largest absolute Gasteiger partial charge is 0.240 e. The normalized spacial score (nSPS) is 11.8. The quantitative estimate of drug-likeness (QED) is 0.849. The van der Waals surface area contributed by atoms with E-state index in [9.17, 15) is 8.42 Å². The summed E-state index contributed by atoms with van der Waals surface area (Å²) in [6, 6.07) is 3.13. The van der Waals surface area contributed by atoms with Gasteiger partial charge < -0.3 is 0 Å². The molecule has 0 aliphatic carbocycles. The van der Waals surface area contributed by atoms with Crippen LogP contribution in [-0.4, -0.2) is 15.0 Å². The standard InChI is InChI=1S/C11H15Cl2NO2S/c1-3-4-14-17(15,16)11-6-10(13)5-9(7-12)8(11)2/h5-6,14H,3-4,7H2,1-2H3. The van der Waals surface area contributed by atoms with E-state index in [1.54, 1.807) is 13.0 Å². The van der Waals surface area contributed by atoms with Crippen molar-refractivity contribution < 1.29 is 8.42 Å². The fraction of sp³-hybridized carbons (Fsp3) is 0.455. The molecule has 0 fully saturated rings. The second kappa shape index (κ2) is 6.05. The maximum Gasteiger partial charge on any atom is 0.240 e. The molecule has 3 nitrogen and oxygen atoms in total. The second-order valence-corrected chi connectivity index (χ2v) is 6.16. The third kappa shape index (κ3) is 3.58. The van der Waals surface area contributed by atoms with Gasteiger partial charge in [-0.25, -0.2) is 13.1 Å². The summed E-state index contributed by atoms with van der Waals surface area (Å²) in [4.78, 5) is 0.203. The van der Waals surface area contributed by atoms with Crippen molar-refractivity contribution >= 4 is 33.2 Å². The lowest BCUT2D eigenvalue weighted by Crippen LogP contribution is -2.25. The van der Waals surface area contributed by atoms with Gasteiger partial charge in [0.2, 0.25) is 10.0 Å². The highest BCUT2D eigenvalue weighted by molar-refractivity contribution is 7.89. The minimum atomic E-state index is -3.50. The van der Waals surface area contributed by atoms with Crippen molar-refractivity contribution in [3.63, 3.8) is 0 Å². The summed E-state index contributed by atoms with van der Waals surface area (Å²) in [6.07, 6.45) is 0.737. The SMILES string of the molecule is CCCNS(=O)(=O)c1cc(Cl)cc(CCl)c1C. The Hall–Kier alpha value is -0.290. The van der Waals surface area contributed by atoms with Gasteiger partial charge in [0, 0.05) is 17.4 Å². The van der Waals surface area contributed by atoms with Gasteiger partial charge in [-0.2, -0.15) is 0 Å². The van der Waals surface area contributed by atoms with Crippen molar-refractivity contribution in [2.75, 3.05) is 6.54 Å². The monoisotopic (exact) mass is 295 g/mol. The van der Waals surface area contributed by atoms with Gasteiger partial charge in [-0.3, -0.25) is 0 Å². The Labute approximate surface area is 112 Å². The van der Waals surface area contributed by atoms with Gasteiger partial charge in [-0.15, -0.1) is 11.6 Å². The van der Waals surface area contributed by atoms with Gasteiger partial charge in [0.25, 0.3) is 0 Å². The molecule has 0 aliphatic heterocycles. The van der Waals surface area contributed by atoms with Crippen molar-refractivity contribution in [1.82, 2.24) is 4.72 Å². The molecule has 0 bridgehead atoms. The van der Waals surface area contributed by atoms with Crippen LogP contribution in [0.25, 0.3) is 0 Å². The molecule has 0 saturated carbocycles. The maximum absolute atomic E-state index is 12.0. The van der Waals surface area contributed by atoms with Crippen LogP contribution in [0.3, 0.4) is 0 Å². The molecule has 17 heavy (non-hydrogen) atoms. The molecule has 0 unspecified atom stereocenters. The number of hydrogen-bond acceptors (Lipinski definition) is 2. The summed E-state index contributed by atoms with van der Waals surface area (Å²) >= 11 is 11.6. The fourth-order valence-electron chi connectivity index (χ4n) is 1.44. The van der Waals surface area contributed by atoms with Crippen molar-refractivity contribution in [2.24, 2.45) is 0 Å². The first kappa shape index (κ1) is 14.8. The first-order valence-corrected chi connectivity index (χ1v) is 7.66. The average Bonchev–Trinajstić information content (AvgIpc) is 2.29. The van der Waals surface area contributed by atoms with Crippen molar-refractivity contribution in [1.29, 1.82) is 0 Å². The number of hydrogen-bond donors (Lipinski definition) is 1. The van der Waals surface area contributed by atoms with Crippen LogP contribution in [0.15, 0.2) is 17.0 Å². The molecule has 0 radical (unpaired) electrons. The second-order valence-electron chi connectivity index (χ2n) is 3.72. The van der Waals surface area contributed by atoms with Crippen LogP contribution in [0.4, 0.5) is 0 Å². The topological polar surface area (TPSA) is 46.2 Å². The Balaban J connectivity index is 3.26. The number of nitrogens with one attached hydrogen (secondary N) is 1. The summed E-state index contributed by atoms with van der Waals surface area (Å²) in [6.45, 7) is 4.04. The Morgan fingerprint density at radius 2 is 2.00 bits per heavy atom. The Bertz CT molecular complexity index is 500. The van der Waals surface area contributed by atoms with Gasteiger partial charge in [0.05, 0.1) is 4.90 Å². The number of alkyl halides is 1. The predicted octanol–water partition coefficient (Wildman–Crippen LogP) is 3.08. The highest BCUT2D eigenvalue weighted by atomic mass is 35.5. The number of halogens is 2. The molecule has 6 heteroatoms. The lowest BCUT2D eigenvalue weighted by molar-refractivity contribution is 0.580. The van der Waals surface area contributed by atoms with Crippen molar-refractivity contribution in [3.05, 3.63) is 28.3 Å². The van der Waals surface area contributed by atoms with E-state index >= 15 is 0 Å². The molecule has 0 aromatic heterocycles. The van der Waals surface area contributed by atoms with E-state index < -0.39 is 10.0 Å². The Kier molecular flexibility index (Phi) is 5.25. The third-order valence-corrected chi connectivity index (χ3v) is 4.50. The van der Waals surface area contributed by atoms with Gasteiger partial charge in [0.15, 0.2) is 0 Å². The average molecular weight is 296 g/mol. The van der Waals surface area contributed by atoms with Gasteiger partial charge in [0.1, 0.15) is 0 Å². The molecule has 0 heterocycles. The van der Waals surface area contributed by atoms with E-state index in [2.05, 4.69) is 4.72 Å². The van der Waals surface area contributed by atoms with Crippen molar-refractivity contribution in [3.8, 4) is 0 Å². The van der Waals surface area contributed by atoms with Crippen LogP contribution in [0, 0.1) is 6.92 Å². The minimum absolute atomic E-state index is 0.203. The van der Waals surface area contributed by atoms with E-state index in [-0.39, 0.29) is 10.8 Å². The number of rotatable bonds is 5. The summed E-state index contributed by atoms with van der Waals surface area (Å²) < 4.78 is 26.6. The highest BCUT2D eigenvalue weighted by Gasteiger charge is 2.18. The molecule has 0 aliphatic rings. The highest BCUT2D eigenvalue weighted by Crippen LogP contribution is 2.25. The lowest BCUT2D eigenvalue weighted by atomic mass is 10.1. The molecular weight excluding hydrogens is 281 g/mol. The molecule has 0 atom stereocenters. The molecular formula is C11H15Cl2NO2S. The van der Waals surface area contributed by atoms with E-state index in [1.165, 1.54) is 6.07 Å². The molecule has 0 spiro atoms. The first-order valence-electron chi connectivity index (χ1n) is 5.27. The minimum Gasteiger partial charge on any atom is -0.211 e. The van der Waals surface area contributed by atoms with E-state index in [0.717, 1.165) is 12.0 Å². The summed E-state index contributed by atoms with van der Waals surface area (Å²) in [5.74, 6) is 0.239. The molecule has 1 rings (SSSR count). The molecule has 0 saturated heterocycles. The Morgan fingerprint density at radius 3 is 2.53 bits per heavy atom. The zero-order valence-corrected chi connectivity index (χ0v) is 12.1. The van der Waals surface area contributed by atoms with E-state index in [4.69, 9.17) is 23.2 Å². The van der Waals surface area contributed by atoms with Gasteiger partial charge in [-0.1, -0.05) is 18.5 Å². The van der Waals surface area contributed by atoms with Crippen LogP contribution < -0.4 is 4.72 Å². The fourth-order valence-corrected chi connectivity index (χ4v) is 3.47.